The standard InChI is InChI=1S/C29H51NO6S/c1-5-12-29(33)18-20-17-21(31)10-13-27(20,3)24-11-14-28(4)22(7-8-23(28)26(24)29)19(2)6-9-25(32)30-15-16-37(34,35)36/h19-24,26,31,33H,5-18H2,1-4H3,(H,30,32)(H,34,35,36)/t19-,20+,21-,22-,23+,24+,26+,27+,28-,29-/m1/s1. The number of aliphatic hydroxyl groups is 2. The molecule has 0 radical (unpaired) electrons. The molecule has 0 saturated heterocycles. The normalized spacial score (nSPS) is 44.4. The molecule has 4 aliphatic carbocycles. The van der Waals surface area contributed by atoms with Crippen molar-refractivity contribution in [3.8, 4) is 0 Å². The predicted molar refractivity (Wildman–Crippen MR) is 144 cm³/mol. The van der Waals surface area contributed by atoms with Gasteiger partial charge in [0.1, 0.15) is 0 Å². The molecule has 0 bridgehead atoms. The lowest BCUT2D eigenvalue weighted by molar-refractivity contribution is -0.221. The zero-order chi connectivity index (χ0) is 27.2. The largest absolute Gasteiger partial charge is 0.393 e. The van der Waals surface area contributed by atoms with E-state index in [1.165, 1.54) is 6.42 Å². The van der Waals surface area contributed by atoms with Crippen LogP contribution in [0.5, 0.6) is 0 Å². The van der Waals surface area contributed by atoms with Crippen LogP contribution < -0.4 is 5.32 Å². The van der Waals surface area contributed by atoms with Gasteiger partial charge in [-0.3, -0.25) is 9.35 Å². The van der Waals surface area contributed by atoms with E-state index in [2.05, 4.69) is 33.0 Å². The number of amides is 1. The zero-order valence-electron chi connectivity index (χ0n) is 23.4. The summed E-state index contributed by atoms with van der Waals surface area (Å²) in [4.78, 5) is 12.3. The lowest BCUT2D eigenvalue weighted by Crippen LogP contribution is -2.63. The van der Waals surface area contributed by atoms with Crippen molar-refractivity contribution in [2.75, 3.05) is 12.3 Å². The Morgan fingerprint density at radius 1 is 1.08 bits per heavy atom. The number of carbonyl (C=O) groups excluding carboxylic acids is 1. The van der Waals surface area contributed by atoms with E-state index >= 15 is 0 Å². The SMILES string of the molecule is CCC[C@@]1(O)C[C@@H]2C[C@H](O)CC[C@]2(C)[C@H]2CC[C@]3(C)[C@@H]([C@H](C)CCC(=O)NCCS(=O)(=O)O)CC[C@H]3[C@@H]21. The molecule has 0 heterocycles. The van der Waals surface area contributed by atoms with E-state index in [0.717, 1.165) is 64.2 Å². The first-order valence-corrected chi connectivity index (χ1v) is 16.5. The molecular weight excluding hydrogens is 490 g/mol. The smallest absolute Gasteiger partial charge is 0.266 e. The third kappa shape index (κ3) is 5.64. The minimum atomic E-state index is -4.07. The molecule has 4 fully saturated rings. The highest BCUT2D eigenvalue weighted by Gasteiger charge is 2.66. The summed E-state index contributed by atoms with van der Waals surface area (Å²) in [6.45, 7) is 9.30. The maximum atomic E-state index is 12.3. The van der Waals surface area contributed by atoms with Crippen molar-refractivity contribution in [3.05, 3.63) is 0 Å². The van der Waals surface area contributed by atoms with Crippen LogP contribution in [0.4, 0.5) is 0 Å². The summed E-state index contributed by atoms with van der Waals surface area (Å²) in [7, 11) is -4.07. The Kier molecular flexibility index (Phi) is 8.47. The highest BCUT2D eigenvalue weighted by atomic mass is 32.2. The molecule has 7 nitrogen and oxygen atoms in total. The summed E-state index contributed by atoms with van der Waals surface area (Å²) in [5.41, 5.74) is -0.297. The van der Waals surface area contributed by atoms with Crippen LogP contribution in [0.1, 0.15) is 105 Å². The van der Waals surface area contributed by atoms with Crippen LogP contribution in [-0.2, 0) is 14.9 Å². The van der Waals surface area contributed by atoms with Gasteiger partial charge in [-0.05, 0) is 111 Å². The number of hydrogen-bond donors (Lipinski definition) is 4. The van der Waals surface area contributed by atoms with Crippen molar-refractivity contribution in [3.63, 3.8) is 0 Å². The van der Waals surface area contributed by atoms with Gasteiger partial charge in [0, 0.05) is 13.0 Å². The molecule has 37 heavy (non-hydrogen) atoms. The first-order chi connectivity index (χ1) is 17.2. The third-order valence-electron chi connectivity index (χ3n) is 11.8. The van der Waals surface area contributed by atoms with Gasteiger partial charge in [0.2, 0.25) is 5.91 Å². The Hall–Kier alpha value is -0.700. The third-order valence-corrected chi connectivity index (χ3v) is 12.5. The maximum absolute atomic E-state index is 12.3. The van der Waals surface area contributed by atoms with Crippen LogP contribution in [-0.4, -0.2) is 53.1 Å². The van der Waals surface area contributed by atoms with Crippen molar-refractivity contribution in [1.29, 1.82) is 0 Å². The maximum Gasteiger partial charge on any atom is 0.266 e. The first-order valence-electron chi connectivity index (χ1n) is 14.9. The van der Waals surface area contributed by atoms with Crippen molar-refractivity contribution >= 4 is 16.0 Å². The minimum Gasteiger partial charge on any atom is -0.393 e. The molecule has 10 atom stereocenters. The van der Waals surface area contributed by atoms with Crippen LogP contribution in [0.25, 0.3) is 0 Å². The van der Waals surface area contributed by atoms with Gasteiger partial charge in [-0.25, -0.2) is 0 Å². The zero-order valence-corrected chi connectivity index (χ0v) is 24.2. The molecule has 0 spiro atoms. The molecule has 8 heteroatoms. The molecular formula is C29H51NO6S. The number of fused-ring (bicyclic) bond motifs is 5. The van der Waals surface area contributed by atoms with E-state index < -0.39 is 21.5 Å². The highest BCUT2D eigenvalue weighted by molar-refractivity contribution is 7.85. The Morgan fingerprint density at radius 2 is 1.76 bits per heavy atom. The fourth-order valence-electron chi connectivity index (χ4n) is 10.0. The van der Waals surface area contributed by atoms with Gasteiger partial charge < -0.3 is 15.5 Å². The van der Waals surface area contributed by atoms with Gasteiger partial charge in [-0.15, -0.1) is 0 Å². The summed E-state index contributed by atoms with van der Waals surface area (Å²) >= 11 is 0. The predicted octanol–water partition coefficient (Wildman–Crippen LogP) is 4.57. The summed E-state index contributed by atoms with van der Waals surface area (Å²) < 4.78 is 30.7. The van der Waals surface area contributed by atoms with Crippen LogP contribution in [0.2, 0.25) is 0 Å². The molecule has 0 aliphatic heterocycles. The van der Waals surface area contributed by atoms with Crippen LogP contribution in [0.15, 0.2) is 0 Å². The molecule has 0 unspecified atom stereocenters. The monoisotopic (exact) mass is 541 g/mol. The Balaban J connectivity index is 1.47. The summed E-state index contributed by atoms with van der Waals surface area (Å²) in [6, 6.07) is 0. The molecule has 4 saturated carbocycles. The van der Waals surface area contributed by atoms with Crippen LogP contribution >= 0.6 is 0 Å². The lowest BCUT2D eigenvalue weighted by Gasteiger charge is -2.66. The van der Waals surface area contributed by atoms with E-state index in [-0.39, 0.29) is 29.4 Å². The van der Waals surface area contributed by atoms with Crippen molar-refractivity contribution < 1.29 is 28.0 Å². The van der Waals surface area contributed by atoms with Crippen LogP contribution in [0, 0.1) is 46.3 Å². The lowest BCUT2D eigenvalue weighted by atomic mass is 9.40. The van der Waals surface area contributed by atoms with E-state index in [1.807, 2.05) is 0 Å². The fraction of sp³-hybridized carbons (Fsp3) is 0.966. The second kappa shape index (κ2) is 10.7. The molecule has 214 valence electrons. The van der Waals surface area contributed by atoms with Gasteiger partial charge in [0.25, 0.3) is 10.1 Å². The molecule has 0 aromatic carbocycles. The Bertz CT molecular complexity index is 941. The second-order valence-corrected chi connectivity index (χ2v) is 15.4. The van der Waals surface area contributed by atoms with Gasteiger partial charge in [0.15, 0.2) is 0 Å². The average molecular weight is 542 g/mol. The van der Waals surface area contributed by atoms with Gasteiger partial charge in [-0.1, -0.05) is 34.1 Å². The molecule has 1 amide bonds. The van der Waals surface area contributed by atoms with Gasteiger partial charge in [0.05, 0.1) is 17.5 Å². The Labute approximate surface area is 224 Å². The minimum absolute atomic E-state index is 0.0644. The van der Waals surface area contributed by atoms with Crippen molar-refractivity contribution in [1.82, 2.24) is 5.32 Å². The highest BCUT2D eigenvalue weighted by Crippen LogP contribution is 2.70. The van der Waals surface area contributed by atoms with Gasteiger partial charge >= 0.3 is 0 Å². The topological polar surface area (TPSA) is 124 Å². The van der Waals surface area contributed by atoms with E-state index in [9.17, 15) is 23.4 Å². The van der Waals surface area contributed by atoms with Crippen molar-refractivity contribution in [2.45, 2.75) is 116 Å². The molecule has 4 N–H and O–H groups in total. The Morgan fingerprint density at radius 3 is 2.43 bits per heavy atom. The number of carbonyl (C=O) groups is 1. The average Bonchev–Trinajstić information content (AvgIpc) is 3.15. The molecule has 4 rings (SSSR count). The van der Waals surface area contributed by atoms with E-state index in [4.69, 9.17) is 4.55 Å². The molecule has 0 aromatic rings. The number of hydrogen-bond acceptors (Lipinski definition) is 5. The quantitative estimate of drug-likeness (QED) is 0.317. The summed E-state index contributed by atoms with van der Waals surface area (Å²) in [5, 5.41) is 25.4. The summed E-state index contributed by atoms with van der Waals surface area (Å²) in [5.74, 6) is 1.96. The molecule has 4 aliphatic rings. The number of aliphatic hydroxyl groups excluding tert-OH is 1. The van der Waals surface area contributed by atoms with E-state index in [1.54, 1.807) is 0 Å². The first kappa shape index (κ1) is 29.3. The van der Waals surface area contributed by atoms with Gasteiger partial charge in [-0.2, -0.15) is 8.42 Å². The number of rotatable bonds is 9. The second-order valence-electron chi connectivity index (χ2n) is 13.8. The fourth-order valence-corrected chi connectivity index (χ4v) is 10.4. The number of nitrogens with one attached hydrogen (secondary N) is 1. The van der Waals surface area contributed by atoms with E-state index in [0.29, 0.717) is 41.9 Å². The van der Waals surface area contributed by atoms with Crippen LogP contribution in [0.3, 0.4) is 0 Å². The molecule has 0 aromatic heterocycles. The summed E-state index contributed by atoms with van der Waals surface area (Å²) in [6.07, 6.45) is 10.9. The van der Waals surface area contributed by atoms with Crippen molar-refractivity contribution in [2.24, 2.45) is 46.3 Å².